The minimum Gasteiger partial charge on any atom is -0.377 e. The molecule has 0 spiro atoms. The molecule has 0 bridgehead atoms. The summed E-state index contributed by atoms with van der Waals surface area (Å²) in [5.74, 6) is -0.470. The van der Waals surface area contributed by atoms with Crippen molar-refractivity contribution in [1.82, 2.24) is 4.90 Å². The van der Waals surface area contributed by atoms with Crippen LogP contribution in [0.15, 0.2) is 42.5 Å². The largest absolute Gasteiger partial charge is 0.377 e. The van der Waals surface area contributed by atoms with Crippen molar-refractivity contribution < 1.29 is 18.7 Å². The Morgan fingerprint density at radius 1 is 1.18 bits per heavy atom. The molecule has 2 aromatic carbocycles. The Kier molecular flexibility index (Phi) is 8.44. The zero-order chi connectivity index (χ0) is 24.0. The Labute approximate surface area is 195 Å². The lowest BCUT2D eigenvalue weighted by Crippen LogP contribution is -2.37. The summed E-state index contributed by atoms with van der Waals surface area (Å²) in [7, 11) is 3.88. The van der Waals surface area contributed by atoms with Gasteiger partial charge in [0.15, 0.2) is 0 Å². The first kappa shape index (κ1) is 24.7. The molecule has 0 saturated carbocycles. The Balaban J connectivity index is 1.89. The first-order chi connectivity index (χ1) is 15.7. The third-order valence-electron chi connectivity index (χ3n) is 5.61. The van der Waals surface area contributed by atoms with Gasteiger partial charge in [0.1, 0.15) is 5.82 Å². The highest BCUT2D eigenvalue weighted by atomic mass is 19.1. The summed E-state index contributed by atoms with van der Waals surface area (Å²) in [6.07, 6.45) is 2.25. The minimum atomic E-state index is -0.443. The molecule has 178 valence electrons. The number of nitrogens with zero attached hydrogens (tertiary/aromatic N) is 2. The summed E-state index contributed by atoms with van der Waals surface area (Å²) in [5, 5.41) is 2.96. The van der Waals surface area contributed by atoms with Gasteiger partial charge < -0.3 is 19.9 Å². The van der Waals surface area contributed by atoms with Crippen LogP contribution in [0, 0.1) is 11.7 Å². The maximum absolute atomic E-state index is 13.8. The fourth-order valence-corrected chi connectivity index (χ4v) is 4.07. The first-order valence-electron chi connectivity index (χ1n) is 11.5. The van der Waals surface area contributed by atoms with E-state index in [0.717, 1.165) is 24.1 Å². The molecule has 6 nitrogen and oxygen atoms in total. The zero-order valence-electron chi connectivity index (χ0n) is 19.9. The van der Waals surface area contributed by atoms with E-state index in [1.807, 2.05) is 51.0 Å². The van der Waals surface area contributed by atoms with Crippen LogP contribution in [0.1, 0.15) is 49.0 Å². The predicted molar refractivity (Wildman–Crippen MR) is 129 cm³/mol. The van der Waals surface area contributed by atoms with Crippen LogP contribution >= 0.6 is 0 Å². The molecular weight excluding hydrogens is 421 g/mol. The Morgan fingerprint density at radius 2 is 1.97 bits per heavy atom. The fourth-order valence-electron chi connectivity index (χ4n) is 4.07. The lowest BCUT2D eigenvalue weighted by molar-refractivity contribution is -0.116. The third-order valence-corrected chi connectivity index (χ3v) is 5.61. The van der Waals surface area contributed by atoms with E-state index in [2.05, 4.69) is 5.32 Å². The highest BCUT2D eigenvalue weighted by Crippen LogP contribution is 2.26. The number of carbonyl (C=O) groups excluding carboxylic acids is 2. The van der Waals surface area contributed by atoms with Gasteiger partial charge in [-0.3, -0.25) is 9.59 Å². The smallest absolute Gasteiger partial charge is 0.254 e. The van der Waals surface area contributed by atoms with Crippen LogP contribution in [0.2, 0.25) is 0 Å². The van der Waals surface area contributed by atoms with E-state index < -0.39 is 5.82 Å². The normalized spacial score (nSPS) is 15.5. The highest BCUT2D eigenvalue weighted by molar-refractivity contribution is 5.94. The predicted octanol–water partition coefficient (Wildman–Crippen LogP) is 4.70. The van der Waals surface area contributed by atoms with Gasteiger partial charge in [-0.2, -0.15) is 0 Å². The van der Waals surface area contributed by atoms with Gasteiger partial charge >= 0.3 is 0 Å². The van der Waals surface area contributed by atoms with Crippen LogP contribution in [0.4, 0.5) is 15.8 Å². The van der Waals surface area contributed by atoms with Crippen molar-refractivity contribution in [3.8, 4) is 0 Å². The van der Waals surface area contributed by atoms with Gasteiger partial charge in [0.2, 0.25) is 5.91 Å². The molecule has 0 aromatic heterocycles. The number of halogens is 1. The van der Waals surface area contributed by atoms with E-state index in [-0.39, 0.29) is 23.8 Å². The molecule has 1 N–H and O–H groups in total. The van der Waals surface area contributed by atoms with Crippen molar-refractivity contribution in [3.05, 3.63) is 59.4 Å². The number of ether oxygens (including phenoxy) is 1. The summed E-state index contributed by atoms with van der Waals surface area (Å²) in [4.78, 5) is 29.4. The van der Waals surface area contributed by atoms with E-state index in [1.54, 1.807) is 17.0 Å². The van der Waals surface area contributed by atoms with Crippen molar-refractivity contribution in [2.24, 2.45) is 5.92 Å². The van der Waals surface area contributed by atoms with Crippen molar-refractivity contribution in [1.29, 1.82) is 0 Å². The maximum Gasteiger partial charge on any atom is 0.254 e. The first-order valence-corrected chi connectivity index (χ1v) is 11.5. The molecule has 7 heteroatoms. The van der Waals surface area contributed by atoms with Crippen LogP contribution < -0.4 is 10.2 Å². The second-order valence-corrected chi connectivity index (χ2v) is 9.22. The van der Waals surface area contributed by atoms with Crippen LogP contribution in [-0.2, 0) is 16.1 Å². The topological polar surface area (TPSA) is 61.9 Å². The number of carbonyl (C=O) groups is 2. The van der Waals surface area contributed by atoms with Crippen molar-refractivity contribution >= 4 is 23.2 Å². The molecular formula is C26H34FN3O3. The number of nitrogens with one attached hydrogen (secondary N) is 1. The second kappa shape index (κ2) is 11.3. The number of rotatable bonds is 9. The molecule has 0 radical (unpaired) electrons. The molecule has 0 unspecified atom stereocenters. The molecule has 1 heterocycles. The van der Waals surface area contributed by atoms with Gasteiger partial charge in [0.05, 0.1) is 6.10 Å². The number of hydrogen-bond acceptors (Lipinski definition) is 4. The molecule has 3 rings (SSSR count). The van der Waals surface area contributed by atoms with Gasteiger partial charge in [-0.1, -0.05) is 19.9 Å². The molecule has 1 atom stereocenters. The van der Waals surface area contributed by atoms with Gasteiger partial charge in [-0.25, -0.2) is 4.39 Å². The number of benzene rings is 2. The SMILES string of the molecule is CC(C)CC(=O)Nc1ccc(N(C)C)c(CN(C[C@@H]2CCCO2)C(=O)c2cccc(F)c2)c1. The molecule has 1 aliphatic rings. The van der Waals surface area contributed by atoms with Crippen LogP contribution in [0.5, 0.6) is 0 Å². The average molecular weight is 456 g/mol. The lowest BCUT2D eigenvalue weighted by Gasteiger charge is -2.28. The van der Waals surface area contributed by atoms with E-state index in [9.17, 15) is 14.0 Å². The summed E-state index contributed by atoms with van der Waals surface area (Å²) in [5.41, 5.74) is 2.84. The quantitative estimate of drug-likeness (QED) is 0.596. The van der Waals surface area contributed by atoms with Gasteiger partial charge in [0.25, 0.3) is 5.91 Å². The summed E-state index contributed by atoms with van der Waals surface area (Å²) < 4.78 is 19.6. The molecule has 33 heavy (non-hydrogen) atoms. The highest BCUT2D eigenvalue weighted by Gasteiger charge is 2.25. The van der Waals surface area contributed by atoms with Crippen LogP contribution in [0.25, 0.3) is 0 Å². The van der Waals surface area contributed by atoms with Crippen molar-refractivity contribution in [2.45, 2.75) is 45.8 Å². The third kappa shape index (κ3) is 7.02. The van der Waals surface area contributed by atoms with Gasteiger partial charge in [0, 0.05) is 57.2 Å². The number of hydrogen-bond donors (Lipinski definition) is 1. The Morgan fingerprint density at radius 3 is 2.61 bits per heavy atom. The summed E-state index contributed by atoms with van der Waals surface area (Å²) in [6, 6.07) is 11.5. The Hall–Kier alpha value is -2.93. The maximum atomic E-state index is 13.8. The van der Waals surface area contributed by atoms with Crippen LogP contribution in [0.3, 0.4) is 0 Å². The number of anilines is 2. The minimum absolute atomic E-state index is 0.0411. The van der Waals surface area contributed by atoms with E-state index in [4.69, 9.17) is 4.74 Å². The zero-order valence-corrected chi connectivity index (χ0v) is 19.9. The monoisotopic (exact) mass is 455 g/mol. The second-order valence-electron chi connectivity index (χ2n) is 9.22. The number of amides is 2. The van der Waals surface area contributed by atoms with E-state index >= 15 is 0 Å². The molecule has 2 aromatic rings. The average Bonchev–Trinajstić information content (AvgIpc) is 3.25. The van der Waals surface area contributed by atoms with E-state index in [1.165, 1.54) is 12.1 Å². The summed E-state index contributed by atoms with van der Waals surface area (Å²) >= 11 is 0. The summed E-state index contributed by atoms with van der Waals surface area (Å²) in [6.45, 7) is 5.43. The van der Waals surface area contributed by atoms with Crippen molar-refractivity contribution in [2.75, 3.05) is 37.5 Å². The standard InChI is InChI=1S/C26H34FN3O3/c1-18(2)13-25(31)28-22-10-11-24(29(3)4)20(15-22)16-30(17-23-9-6-12-33-23)26(32)19-7-5-8-21(27)14-19/h5,7-8,10-11,14-15,18,23H,6,9,12-13,16-17H2,1-4H3,(H,28,31)/t23-/m0/s1. The van der Waals surface area contributed by atoms with E-state index in [0.29, 0.717) is 37.4 Å². The fraction of sp³-hybridized carbons (Fsp3) is 0.462. The van der Waals surface area contributed by atoms with Gasteiger partial charge in [-0.15, -0.1) is 0 Å². The molecule has 2 amide bonds. The lowest BCUT2D eigenvalue weighted by atomic mass is 10.1. The Bertz CT molecular complexity index is 971. The van der Waals surface area contributed by atoms with Crippen molar-refractivity contribution in [3.63, 3.8) is 0 Å². The van der Waals surface area contributed by atoms with Gasteiger partial charge in [-0.05, 0) is 60.7 Å². The molecule has 1 fully saturated rings. The molecule has 1 aliphatic heterocycles. The molecule has 1 saturated heterocycles. The molecule has 0 aliphatic carbocycles. The van der Waals surface area contributed by atoms with Crippen LogP contribution in [-0.4, -0.2) is 50.1 Å².